The second-order valence-electron chi connectivity index (χ2n) is 6.54. The minimum Gasteiger partial charge on any atom is -0.310 e. The van der Waals surface area contributed by atoms with Crippen molar-refractivity contribution in [3.8, 4) is 0 Å². The molecule has 0 aliphatic carbocycles. The van der Waals surface area contributed by atoms with Crippen molar-refractivity contribution in [2.75, 3.05) is 18.1 Å². The van der Waals surface area contributed by atoms with Gasteiger partial charge >= 0.3 is 0 Å². The lowest BCUT2D eigenvalue weighted by Crippen LogP contribution is -2.29. The summed E-state index contributed by atoms with van der Waals surface area (Å²) in [4.78, 5) is 0. The summed E-state index contributed by atoms with van der Waals surface area (Å²) in [5, 5.41) is 3.49. The number of hydrogen-bond donors (Lipinski definition) is 1. The molecule has 1 aromatic carbocycles. The smallest absolute Gasteiger partial charge is 0.150 e. The number of rotatable bonds is 6. The maximum atomic E-state index is 11.8. The van der Waals surface area contributed by atoms with E-state index in [0.717, 1.165) is 19.4 Å². The van der Waals surface area contributed by atoms with Gasteiger partial charge in [-0.2, -0.15) is 0 Å². The Hall–Kier alpha value is -0.870. The largest absolute Gasteiger partial charge is 0.310 e. The van der Waals surface area contributed by atoms with Crippen LogP contribution in [0.4, 0.5) is 0 Å². The van der Waals surface area contributed by atoms with Gasteiger partial charge in [0.05, 0.1) is 11.5 Å². The third kappa shape index (κ3) is 4.55. The molecule has 2 rings (SSSR count). The highest BCUT2D eigenvalue weighted by molar-refractivity contribution is 7.91. The Kier molecular flexibility index (Phi) is 5.44. The molecule has 1 heterocycles. The topological polar surface area (TPSA) is 46.2 Å². The Bertz CT molecular complexity index is 566. The second kappa shape index (κ2) is 6.93. The van der Waals surface area contributed by atoms with E-state index in [1.54, 1.807) is 0 Å². The Morgan fingerprint density at radius 3 is 2.67 bits per heavy atom. The van der Waals surface area contributed by atoms with E-state index < -0.39 is 9.84 Å². The van der Waals surface area contributed by atoms with Crippen LogP contribution in [0, 0.1) is 11.8 Å². The summed E-state index contributed by atoms with van der Waals surface area (Å²) in [6.45, 7) is 7.38. The molecule has 1 aromatic rings. The van der Waals surface area contributed by atoms with E-state index in [9.17, 15) is 8.42 Å². The van der Waals surface area contributed by atoms with Crippen LogP contribution in [-0.4, -0.2) is 26.5 Å². The second-order valence-corrected chi connectivity index (χ2v) is 8.77. The molecule has 2 unspecified atom stereocenters. The molecular formula is C17H27NO2S. The van der Waals surface area contributed by atoms with E-state index in [2.05, 4.69) is 50.4 Å². The third-order valence-electron chi connectivity index (χ3n) is 4.12. The van der Waals surface area contributed by atoms with Gasteiger partial charge < -0.3 is 5.32 Å². The summed E-state index contributed by atoms with van der Waals surface area (Å²) in [6.07, 6.45) is 1.84. The fourth-order valence-corrected chi connectivity index (χ4v) is 5.09. The van der Waals surface area contributed by atoms with E-state index in [1.165, 1.54) is 11.1 Å². The first-order valence-corrected chi connectivity index (χ1v) is 9.76. The Morgan fingerprint density at radius 2 is 2.10 bits per heavy atom. The maximum Gasteiger partial charge on any atom is 0.150 e. The fraction of sp³-hybridized carbons (Fsp3) is 0.647. The minimum atomic E-state index is -2.84. The molecule has 1 saturated heterocycles. The average molecular weight is 309 g/mol. The molecular weight excluding hydrogens is 282 g/mol. The van der Waals surface area contributed by atoms with Gasteiger partial charge in [-0.3, -0.25) is 0 Å². The van der Waals surface area contributed by atoms with Crippen molar-refractivity contribution in [1.29, 1.82) is 0 Å². The van der Waals surface area contributed by atoms with Crippen molar-refractivity contribution >= 4 is 9.84 Å². The average Bonchev–Trinajstić information content (AvgIpc) is 2.75. The van der Waals surface area contributed by atoms with Crippen molar-refractivity contribution in [3.05, 3.63) is 35.4 Å². The number of benzene rings is 1. The standard InChI is InChI=1S/C17H27NO2S/c1-4-18-17(16-8-9-21(19,20)12-16)15-7-5-6-14(11-15)10-13(2)3/h5-7,11,13,16-18H,4,8-10,12H2,1-3H3. The van der Waals surface area contributed by atoms with Crippen molar-refractivity contribution < 1.29 is 8.42 Å². The molecule has 118 valence electrons. The lowest BCUT2D eigenvalue weighted by Gasteiger charge is -2.24. The van der Waals surface area contributed by atoms with Crippen LogP contribution in [0.3, 0.4) is 0 Å². The summed E-state index contributed by atoms with van der Waals surface area (Å²) in [5.74, 6) is 1.48. The summed E-state index contributed by atoms with van der Waals surface area (Å²) in [7, 11) is -2.84. The van der Waals surface area contributed by atoms with Crippen molar-refractivity contribution in [3.63, 3.8) is 0 Å². The van der Waals surface area contributed by atoms with Crippen LogP contribution in [0.2, 0.25) is 0 Å². The Morgan fingerprint density at radius 1 is 1.33 bits per heavy atom. The van der Waals surface area contributed by atoms with Gasteiger partial charge in [-0.25, -0.2) is 8.42 Å². The van der Waals surface area contributed by atoms with Crippen LogP contribution >= 0.6 is 0 Å². The van der Waals surface area contributed by atoms with Gasteiger partial charge in [0.2, 0.25) is 0 Å². The molecule has 0 radical (unpaired) electrons. The highest BCUT2D eigenvalue weighted by atomic mass is 32.2. The quantitative estimate of drug-likeness (QED) is 0.879. The Balaban J connectivity index is 2.22. The number of hydrogen-bond acceptors (Lipinski definition) is 3. The lowest BCUT2D eigenvalue weighted by atomic mass is 9.90. The van der Waals surface area contributed by atoms with Crippen LogP contribution in [0.5, 0.6) is 0 Å². The Labute approximate surface area is 129 Å². The number of nitrogens with one attached hydrogen (secondary N) is 1. The number of sulfone groups is 1. The van der Waals surface area contributed by atoms with E-state index in [-0.39, 0.29) is 12.0 Å². The van der Waals surface area contributed by atoms with Gasteiger partial charge in [0, 0.05) is 6.04 Å². The van der Waals surface area contributed by atoms with Crippen LogP contribution in [0.25, 0.3) is 0 Å². The van der Waals surface area contributed by atoms with E-state index in [4.69, 9.17) is 0 Å². The van der Waals surface area contributed by atoms with Crippen molar-refractivity contribution in [1.82, 2.24) is 5.32 Å². The fourth-order valence-electron chi connectivity index (χ4n) is 3.25. The predicted molar refractivity (Wildman–Crippen MR) is 88.2 cm³/mol. The van der Waals surface area contributed by atoms with E-state index in [1.807, 2.05) is 0 Å². The molecule has 3 nitrogen and oxygen atoms in total. The minimum absolute atomic E-state index is 0.152. The predicted octanol–water partition coefficient (Wildman–Crippen LogP) is 2.97. The molecule has 0 spiro atoms. The van der Waals surface area contributed by atoms with Crippen molar-refractivity contribution in [2.24, 2.45) is 11.8 Å². The van der Waals surface area contributed by atoms with Gasteiger partial charge in [-0.05, 0) is 42.3 Å². The molecule has 0 aromatic heterocycles. The molecule has 1 N–H and O–H groups in total. The van der Waals surface area contributed by atoms with Crippen LogP contribution < -0.4 is 5.32 Å². The van der Waals surface area contributed by atoms with Crippen LogP contribution in [0.15, 0.2) is 24.3 Å². The van der Waals surface area contributed by atoms with E-state index in [0.29, 0.717) is 17.4 Å². The van der Waals surface area contributed by atoms with E-state index >= 15 is 0 Å². The van der Waals surface area contributed by atoms with Crippen molar-refractivity contribution in [2.45, 2.75) is 39.7 Å². The van der Waals surface area contributed by atoms with Gasteiger partial charge in [-0.15, -0.1) is 0 Å². The molecule has 1 aliphatic heterocycles. The summed E-state index contributed by atoms with van der Waals surface area (Å²) < 4.78 is 23.5. The summed E-state index contributed by atoms with van der Waals surface area (Å²) in [5.41, 5.74) is 2.57. The zero-order valence-corrected chi connectivity index (χ0v) is 14.1. The molecule has 0 bridgehead atoms. The molecule has 0 amide bonds. The van der Waals surface area contributed by atoms with Gasteiger partial charge in [-0.1, -0.05) is 45.0 Å². The zero-order chi connectivity index (χ0) is 15.5. The lowest BCUT2D eigenvalue weighted by molar-refractivity contribution is 0.400. The SMILES string of the molecule is CCNC(c1cccc(CC(C)C)c1)C1CCS(=O)(=O)C1. The molecule has 0 saturated carbocycles. The first-order chi connectivity index (χ1) is 9.91. The highest BCUT2D eigenvalue weighted by Gasteiger charge is 2.34. The van der Waals surface area contributed by atoms with Gasteiger partial charge in [0.25, 0.3) is 0 Å². The van der Waals surface area contributed by atoms with Crippen LogP contribution in [0.1, 0.15) is 44.4 Å². The van der Waals surface area contributed by atoms with Crippen LogP contribution in [-0.2, 0) is 16.3 Å². The molecule has 1 fully saturated rings. The first kappa shape index (κ1) is 16.5. The first-order valence-electron chi connectivity index (χ1n) is 7.94. The third-order valence-corrected chi connectivity index (χ3v) is 5.91. The molecule has 1 aliphatic rings. The summed E-state index contributed by atoms with van der Waals surface area (Å²) >= 11 is 0. The summed E-state index contributed by atoms with van der Waals surface area (Å²) in [6, 6.07) is 8.79. The molecule has 21 heavy (non-hydrogen) atoms. The van der Waals surface area contributed by atoms with Gasteiger partial charge in [0.15, 0.2) is 9.84 Å². The normalized spacial score (nSPS) is 22.6. The maximum absolute atomic E-state index is 11.8. The molecule has 4 heteroatoms. The highest BCUT2D eigenvalue weighted by Crippen LogP contribution is 2.32. The molecule has 2 atom stereocenters. The van der Waals surface area contributed by atoms with Gasteiger partial charge in [0.1, 0.15) is 0 Å². The monoisotopic (exact) mass is 309 g/mol. The zero-order valence-electron chi connectivity index (χ0n) is 13.3.